The molecule has 0 unspecified atom stereocenters. The summed E-state index contributed by atoms with van der Waals surface area (Å²) in [5.41, 5.74) is 3.75. The van der Waals surface area contributed by atoms with Gasteiger partial charge >= 0.3 is 0 Å². The molecule has 220 valence electrons. The van der Waals surface area contributed by atoms with Crippen LogP contribution in [0.5, 0.6) is 5.75 Å². The van der Waals surface area contributed by atoms with E-state index < -0.39 is 28.5 Å². The molecule has 1 N–H and O–H groups in total. The standard InChI is InChI=1S/C32H41N3O5S/c1-7-24(3)33-32(37)30(20-26-14-9-8-10-15-26)34(21-27-16-12-17-28(19-27)40-5)31(36)22-35(41(6,38)39)29-18-11-13-23(2)25(29)4/h8-19,24,30H,7,20-22H2,1-6H3,(H,33,37)/t24-,30+/m1/s1. The van der Waals surface area contributed by atoms with Crippen molar-refractivity contribution in [1.82, 2.24) is 10.2 Å². The van der Waals surface area contributed by atoms with Gasteiger partial charge in [0.05, 0.1) is 19.1 Å². The second kappa shape index (κ2) is 14.2. The molecular formula is C32H41N3O5S. The summed E-state index contributed by atoms with van der Waals surface area (Å²) < 4.78 is 32.6. The van der Waals surface area contributed by atoms with Gasteiger partial charge in [-0.15, -0.1) is 0 Å². The average molecular weight is 580 g/mol. The van der Waals surface area contributed by atoms with E-state index in [-0.39, 0.29) is 24.9 Å². The van der Waals surface area contributed by atoms with Crippen molar-refractivity contribution in [2.45, 2.75) is 59.2 Å². The fourth-order valence-corrected chi connectivity index (χ4v) is 5.46. The summed E-state index contributed by atoms with van der Waals surface area (Å²) in [6.07, 6.45) is 2.08. The Kier molecular flexibility index (Phi) is 10.9. The van der Waals surface area contributed by atoms with Crippen molar-refractivity contribution in [3.05, 3.63) is 95.1 Å². The number of nitrogens with zero attached hydrogens (tertiary/aromatic N) is 2. The van der Waals surface area contributed by atoms with Crippen LogP contribution in [-0.2, 0) is 32.6 Å². The van der Waals surface area contributed by atoms with Crippen LogP contribution in [-0.4, -0.2) is 57.1 Å². The quantitative estimate of drug-likeness (QED) is 0.319. The van der Waals surface area contributed by atoms with Crippen molar-refractivity contribution in [2.75, 3.05) is 24.2 Å². The molecule has 0 aliphatic carbocycles. The lowest BCUT2D eigenvalue weighted by atomic mass is 10.0. The average Bonchev–Trinajstić information content (AvgIpc) is 2.95. The molecule has 0 bridgehead atoms. The zero-order valence-corrected chi connectivity index (χ0v) is 25.6. The first-order chi connectivity index (χ1) is 19.4. The minimum atomic E-state index is -3.83. The van der Waals surface area contributed by atoms with Crippen molar-refractivity contribution in [2.24, 2.45) is 0 Å². The summed E-state index contributed by atoms with van der Waals surface area (Å²) in [5.74, 6) is -0.164. The molecule has 0 saturated heterocycles. The first kappa shape index (κ1) is 31.7. The Morgan fingerprint density at radius 3 is 2.24 bits per heavy atom. The number of sulfonamides is 1. The molecule has 0 spiro atoms. The molecule has 3 rings (SSSR count). The van der Waals surface area contributed by atoms with Crippen molar-refractivity contribution in [3.8, 4) is 5.75 Å². The minimum absolute atomic E-state index is 0.0891. The van der Waals surface area contributed by atoms with E-state index >= 15 is 0 Å². The lowest BCUT2D eigenvalue weighted by Crippen LogP contribution is -2.54. The van der Waals surface area contributed by atoms with E-state index in [0.717, 1.165) is 39.2 Å². The maximum Gasteiger partial charge on any atom is 0.244 e. The van der Waals surface area contributed by atoms with E-state index in [1.54, 1.807) is 25.3 Å². The van der Waals surface area contributed by atoms with Crippen molar-refractivity contribution in [3.63, 3.8) is 0 Å². The third kappa shape index (κ3) is 8.57. The SMILES string of the molecule is CC[C@@H](C)NC(=O)[C@H](Cc1ccccc1)N(Cc1cccc(OC)c1)C(=O)CN(c1cccc(C)c1C)S(C)(=O)=O. The summed E-state index contributed by atoms with van der Waals surface area (Å²) in [6.45, 7) is 7.26. The topological polar surface area (TPSA) is 96.0 Å². The van der Waals surface area contributed by atoms with Gasteiger partial charge in [0, 0.05) is 19.0 Å². The molecule has 0 radical (unpaired) electrons. The third-order valence-electron chi connectivity index (χ3n) is 7.28. The summed E-state index contributed by atoms with van der Waals surface area (Å²) in [6, 6.07) is 21.2. The predicted molar refractivity (Wildman–Crippen MR) is 163 cm³/mol. The normalized spacial score (nSPS) is 12.7. The number of carbonyl (C=O) groups is 2. The molecular weight excluding hydrogens is 538 g/mol. The van der Waals surface area contributed by atoms with E-state index in [4.69, 9.17) is 4.74 Å². The highest BCUT2D eigenvalue weighted by molar-refractivity contribution is 7.92. The minimum Gasteiger partial charge on any atom is -0.497 e. The third-order valence-corrected chi connectivity index (χ3v) is 8.41. The van der Waals surface area contributed by atoms with Crippen LogP contribution in [0.2, 0.25) is 0 Å². The number of aryl methyl sites for hydroxylation is 1. The van der Waals surface area contributed by atoms with Crippen molar-refractivity contribution < 1.29 is 22.7 Å². The van der Waals surface area contributed by atoms with Gasteiger partial charge in [0.1, 0.15) is 18.3 Å². The van der Waals surface area contributed by atoms with Gasteiger partial charge in [-0.05, 0) is 67.6 Å². The molecule has 0 aliphatic heterocycles. The van der Waals surface area contributed by atoms with Crippen LogP contribution < -0.4 is 14.4 Å². The lowest BCUT2D eigenvalue weighted by Gasteiger charge is -2.34. The highest BCUT2D eigenvalue weighted by Crippen LogP contribution is 2.26. The Bertz CT molecular complexity index is 1440. The van der Waals surface area contributed by atoms with Gasteiger partial charge in [-0.3, -0.25) is 13.9 Å². The van der Waals surface area contributed by atoms with Crippen LogP contribution in [0, 0.1) is 13.8 Å². The maximum atomic E-state index is 14.2. The Morgan fingerprint density at radius 2 is 1.61 bits per heavy atom. The van der Waals surface area contributed by atoms with Crippen LogP contribution in [0.4, 0.5) is 5.69 Å². The molecule has 0 aliphatic rings. The summed E-state index contributed by atoms with van der Waals surface area (Å²) in [4.78, 5) is 29.5. The Hall–Kier alpha value is -3.85. The van der Waals surface area contributed by atoms with Gasteiger partial charge in [-0.25, -0.2) is 8.42 Å². The first-order valence-electron chi connectivity index (χ1n) is 13.7. The number of hydrogen-bond donors (Lipinski definition) is 1. The summed E-state index contributed by atoms with van der Waals surface area (Å²) >= 11 is 0. The molecule has 9 heteroatoms. The molecule has 8 nitrogen and oxygen atoms in total. The molecule has 2 amide bonds. The van der Waals surface area contributed by atoms with Gasteiger partial charge < -0.3 is 15.0 Å². The van der Waals surface area contributed by atoms with Gasteiger partial charge in [0.2, 0.25) is 21.8 Å². The Balaban J connectivity index is 2.10. The second-order valence-electron chi connectivity index (χ2n) is 10.4. The fourth-order valence-electron chi connectivity index (χ4n) is 4.56. The van der Waals surface area contributed by atoms with E-state index in [9.17, 15) is 18.0 Å². The predicted octanol–water partition coefficient (Wildman–Crippen LogP) is 4.63. The highest BCUT2D eigenvalue weighted by Gasteiger charge is 2.33. The number of amides is 2. The molecule has 3 aromatic rings. The second-order valence-corrected chi connectivity index (χ2v) is 12.3. The number of benzene rings is 3. The fraction of sp³-hybridized carbons (Fsp3) is 0.375. The van der Waals surface area contributed by atoms with Gasteiger partial charge in [0.15, 0.2) is 0 Å². The van der Waals surface area contributed by atoms with E-state index in [1.807, 2.05) is 82.3 Å². The monoisotopic (exact) mass is 579 g/mol. The number of rotatable bonds is 13. The zero-order valence-electron chi connectivity index (χ0n) is 24.8. The van der Waals surface area contributed by atoms with Crippen LogP contribution in [0.25, 0.3) is 0 Å². The van der Waals surface area contributed by atoms with E-state index in [1.165, 1.54) is 4.90 Å². The highest BCUT2D eigenvalue weighted by atomic mass is 32.2. The maximum absolute atomic E-state index is 14.2. The van der Waals surface area contributed by atoms with Crippen molar-refractivity contribution >= 4 is 27.5 Å². The number of methoxy groups -OCH3 is 1. The molecule has 0 aromatic heterocycles. The number of nitrogens with one attached hydrogen (secondary N) is 1. The number of anilines is 1. The zero-order chi connectivity index (χ0) is 30.2. The number of hydrogen-bond acceptors (Lipinski definition) is 5. The smallest absolute Gasteiger partial charge is 0.244 e. The lowest BCUT2D eigenvalue weighted by molar-refractivity contribution is -0.140. The summed E-state index contributed by atoms with van der Waals surface area (Å²) in [5, 5.41) is 3.04. The van der Waals surface area contributed by atoms with E-state index in [0.29, 0.717) is 11.4 Å². The largest absolute Gasteiger partial charge is 0.497 e. The number of ether oxygens (including phenoxy) is 1. The van der Waals surface area contributed by atoms with Crippen molar-refractivity contribution in [1.29, 1.82) is 0 Å². The molecule has 0 fully saturated rings. The molecule has 0 saturated carbocycles. The Labute approximate surface area is 244 Å². The first-order valence-corrected chi connectivity index (χ1v) is 15.6. The number of carbonyl (C=O) groups excluding carboxylic acids is 2. The van der Waals surface area contributed by atoms with Crippen LogP contribution in [0.3, 0.4) is 0 Å². The van der Waals surface area contributed by atoms with Crippen LogP contribution in [0.15, 0.2) is 72.8 Å². The van der Waals surface area contributed by atoms with Crippen LogP contribution >= 0.6 is 0 Å². The van der Waals surface area contributed by atoms with Gasteiger partial charge in [-0.2, -0.15) is 0 Å². The molecule has 41 heavy (non-hydrogen) atoms. The van der Waals surface area contributed by atoms with Crippen LogP contribution in [0.1, 0.15) is 42.5 Å². The molecule has 0 heterocycles. The van der Waals surface area contributed by atoms with E-state index in [2.05, 4.69) is 5.32 Å². The molecule has 2 atom stereocenters. The van der Waals surface area contributed by atoms with Gasteiger partial charge in [0.25, 0.3) is 0 Å². The molecule has 3 aromatic carbocycles. The van der Waals surface area contributed by atoms with Gasteiger partial charge in [-0.1, -0.05) is 61.5 Å². The Morgan fingerprint density at radius 1 is 0.951 bits per heavy atom. The summed E-state index contributed by atoms with van der Waals surface area (Å²) in [7, 11) is -2.27.